The van der Waals surface area contributed by atoms with E-state index in [2.05, 4.69) is 59.8 Å². The second-order valence-electron chi connectivity index (χ2n) is 7.34. The maximum Gasteiger partial charge on any atom is 0.236 e. The molecular formula is C23H25N3OS. The van der Waals surface area contributed by atoms with Gasteiger partial charge < -0.3 is 4.90 Å². The third kappa shape index (κ3) is 3.59. The summed E-state index contributed by atoms with van der Waals surface area (Å²) in [5, 5.41) is 0.670. The molecule has 3 aromatic rings. The molecule has 0 saturated carbocycles. The molecule has 4 rings (SSSR count). The molecule has 2 heterocycles. The molecule has 0 spiro atoms. The number of imidazole rings is 1. The fourth-order valence-electron chi connectivity index (χ4n) is 3.71. The lowest BCUT2D eigenvalue weighted by Gasteiger charge is -2.30. The van der Waals surface area contributed by atoms with Gasteiger partial charge in [-0.2, -0.15) is 0 Å². The monoisotopic (exact) mass is 391 g/mol. The van der Waals surface area contributed by atoms with Crippen LogP contribution < -0.4 is 0 Å². The molecule has 0 saturated heterocycles. The number of aromatic nitrogens is 2. The second-order valence-corrected chi connectivity index (χ2v) is 8.65. The molecule has 1 aromatic heterocycles. The summed E-state index contributed by atoms with van der Waals surface area (Å²) in [5.74, 6) is 0.176. The van der Waals surface area contributed by atoms with E-state index in [1.807, 2.05) is 24.1 Å². The van der Waals surface area contributed by atoms with E-state index in [1.54, 1.807) is 6.20 Å². The topological polar surface area (TPSA) is 38.1 Å². The van der Waals surface area contributed by atoms with Gasteiger partial charge in [-0.3, -0.25) is 9.36 Å². The van der Waals surface area contributed by atoms with E-state index in [1.165, 1.54) is 34.0 Å². The molecule has 0 radical (unpaired) electrons. The Kier molecular flexibility index (Phi) is 5.27. The number of thioether (sulfide) groups is 1. The molecule has 0 aliphatic carbocycles. The minimum absolute atomic E-state index is 0.176. The minimum atomic E-state index is -0.184. The Bertz CT molecular complexity index is 1010. The van der Waals surface area contributed by atoms with E-state index in [9.17, 15) is 4.79 Å². The van der Waals surface area contributed by atoms with Crippen molar-refractivity contribution in [3.8, 4) is 5.69 Å². The maximum atomic E-state index is 13.1. The van der Waals surface area contributed by atoms with E-state index in [0.717, 1.165) is 23.8 Å². The minimum Gasteiger partial charge on any atom is -0.337 e. The molecule has 1 aliphatic heterocycles. The van der Waals surface area contributed by atoms with E-state index < -0.39 is 0 Å². The van der Waals surface area contributed by atoms with Crippen molar-refractivity contribution in [1.82, 2.24) is 14.5 Å². The third-order valence-corrected chi connectivity index (χ3v) is 6.58. The zero-order valence-electron chi connectivity index (χ0n) is 16.6. The number of benzene rings is 2. The first kappa shape index (κ1) is 18.8. The SMILES string of the molecule is Cc1cccc(-n2ccnc2SC(C)C(=O)N2CCc3ccccc3C2)c1C. The highest BCUT2D eigenvalue weighted by Crippen LogP contribution is 2.29. The standard InChI is InChI=1S/C23H25N3OS/c1-16-7-6-10-21(17(16)2)26-14-12-24-23(26)28-18(3)22(27)25-13-11-19-8-4-5-9-20(19)15-25/h4-10,12,14,18H,11,13,15H2,1-3H3. The van der Waals surface area contributed by atoms with Gasteiger partial charge in [0.1, 0.15) is 0 Å². The summed E-state index contributed by atoms with van der Waals surface area (Å²) < 4.78 is 2.09. The highest BCUT2D eigenvalue weighted by molar-refractivity contribution is 8.00. The van der Waals surface area contributed by atoms with Gasteiger partial charge in [0, 0.05) is 25.5 Å². The van der Waals surface area contributed by atoms with Crippen LogP contribution in [0.3, 0.4) is 0 Å². The summed E-state index contributed by atoms with van der Waals surface area (Å²) in [4.78, 5) is 19.6. The lowest BCUT2D eigenvalue weighted by Crippen LogP contribution is -2.40. The number of hydrogen-bond acceptors (Lipinski definition) is 3. The molecule has 0 N–H and O–H groups in total. The lowest BCUT2D eigenvalue weighted by atomic mass is 10.00. The van der Waals surface area contributed by atoms with Gasteiger partial charge in [-0.05, 0) is 55.5 Å². The summed E-state index contributed by atoms with van der Waals surface area (Å²) >= 11 is 1.53. The Morgan fingerprint density at radius 1 is 1.11 bits per heavy atom. The number of aryl methyl sites for hydroxylation is 1. The fraction of sp³-hybridized carbons (Fsp3) is 0.304. The largest absolute Gasteiger partial charge is 0.337 e. The molecular weight excluding hydrogens is 366 g/mol. The lowest BCUT2D eigenvalue weighted by molar-refractivity contribution is -0.131. The predicted octanol–water partition coefficient (Wildman–Crippen LogP) is 4.55. The number of nitrogens with zero attached hydrogens (tertiary/aromatic N) is 3. The van der Waals surface area contributed by atoms with Gasteiger partial charge in [0.25, 0.3) is 0 Å². The van der Waals surface area contributed by atoms with Crippen LogP contribution in [0.4, 0.5) is 0 Å². The van der Waals surface area contributed by atoms with Crippen LogP contribution in [0.2, 0.25) is 0 Å². The molecule has 28 heavy (non-hydrogen) atoms. The summed E-state index contributed by atoms with van der Waals surface area (Å²) in [6, 6.07) is 14.7. The van der Waals surface area contributed by atoms with E-state index in [4.69, 9.17) is 0 Å². The van der Waals surface area contributed by atoms with Gasteiger partial charge in [0.2, 0.25) is 5.91 Å². The van der Waals surface area contributed by atoms with Crippen molar-refractivity contribution >= 4 is 17.7 Å². The molecule has 1 atom stereocenters. The van der Waals surface area contributed by atoms with Crippen LogP contribution in [0.15, 0.2) is 60.0 Å². The second kappa shape index (κ2) is 7.84. The Morgan fingerprint density at radius 2 is 1.89 bits per heavy atom. The zero-order valence-corrected chi connectivity index (χ0v) is 17.4. The normalized spacial score (nSPS) is 14.6. The molecule has 144 valence electrons. The van der Waals surface area contributed by atoms with Gasteiger partial charge in [0.05, 0.1) is 10.9 Å². The molecule has 1 amide bonds. The third-order valence-electron chi connectivity index (χ3n) is 5.51. The number of amides is 1. The van der Waals surface area contributed by atoms with E-state index in [-0.39, 0.29) is 11.2 Å². The van der Waals surface area contributed by atoms with E-state index in [0.29, 0.717) is 6.54 Å². The van der Waals surface area contributed by atoms with E-state index >= 15 is 0 Å². The van der Waals surface area contributed by atoms with Gasteiger partial charge in [-0.15, -0.1) is 0 Å². The van der Waals surface area contributed by atoms with Crippen molar-refractivity contribution < 1.29 is 4.79 Å². The van der Waals surface area contributed by atoms with Crippen molar-refractivity contribution in [1.29, 1.82) is 0 Å². The number of hydrogen-bond donors (Lipinski definition) is 0. The summed E-state index contributed by atoms with van der Waals surface area (Å²) in [7, 11) is 0. The summed E-state index contributed by atoms with van der Waals surface area (Å²) in [5.41, 5.74) is 6.22. The molecule has 1 unspecified atom stereocenters. The summed E-state index contributed by atoms with van der Waals surface area (Å²) in [6.45, 7) is 7.70. The highest BCUT2D eigenvalue weighted by atomic mass is 32.2. The molecule has 2 aromatic carbocycles. The quantitative estimate of drug-likeness (QED) is 0.612. The molecule has 5 heteroatoms. The van der Waals surface area contributed by atoms with Crippen molar-refractivity contribution in [2.75, 3.05) is 6.54 Å². The first-order valence-corrected chi connectivity index (χ1v) is 10.5. The number of carbonyl (C=O) groups excluding carboxylic acids is 1. The Morgan fingerprint density at radius 3 is 2.71 bits per heavy atom. The first-order chi connectivity index (χ1) is 13.5. The van der Waals surface area contributed by atoms with Crippen LogP contribution in [0.5, 0.6) is 0 Å². The van der Waals surface area contributed by atoms with Crippen LogP contribution in [0.25, 0.3) is 5.69 Å². The Hall–Kier alpha value is -2.53. The molecule has 4 nitrogen and oxygen atoms in total. The van der Waals surface area contributed by atoms with Gasteiger partial charge in [-0.1, -0.05) is 48.2 Å². The molecule has 0 bridgehead atoms. The van der Waals surface area contributed by atoms with Crippen LogP contribution in [-0.4, -0.2) is 32.2 Å². The smallest absolute Gasteiger partial charge is 0.236 e. The number of carbonyl (C=O) groups is 1. The molecule has 0 fully saturated rings. The van der Waals surface area contributed by atoms with Gasteiger partial charge >= 0.3 is 0 Å². The van der Waals surface area contributed by atoms with Crippen LogP contribution >= 0.6 is 11.8 Å². The zero-order chi connectivity index (χ0) is 19.7. The van der Waals surface area contributed by atoms with Gasteiger partial charge in [-0.25, -0.2) is 4.98 Å². The predicted molar refractivity (Wildman–Crippen MR) is 114 cm³/mol. The van der Waals surface area contributed by atoms with Crippen molar-refractivity contribution in [2.24, 2.45) is 0 Å². The average molecular weight is 392 g/mol. The number of rotatable bonds is 4. The fourth-order valence-corrected chi connectivity index (χ4v) is 4.67. The van der Waals surface area contributed by atoms with Crippen LogP contribution in [-0.2, 0) is 17.8 Å². The van der Waals surface area contributed by atoms with Crippen LogP contribution in [0.1, 0.15) is 29.2 Å². The van der Waals surface area contributed by atoms with Crippen molar-refractivity contribution in [3.63, 3.8) is 0 Å². The Labute approximate surface area is 170 Å². The highest BCUT2D eigenvalue weighted by Gasteiger charge is 2.26. The van der Waals surface area contributed by atoms with Gasteiger partial charge in [0.15, 0.2) is 5.16 Å². The summed E-state index contributed by atoms with van der Waals surface area (Å²) in [6.07, 6.45) is 4.70. The number of fused-ring (bicyclic) bond motifs is 1. The Balaban J connectivity index is 1.51. The van der Waals surface area contributed by atoms with Crippen LogP contribution in [0, 0.1) is 13.8 Å². The maximum absolute atomic E-state index is 13.1. The average Bonchev–Trinajstić information content (AvgIpc) is 3.17. The van der Waals surface area contributed by atoms with Crippen molar-refractivity contribution in [3.05, 3.63) is 77.1 Å². The molecule has 1 aliphatic rings. The first-order valence-electron chi connectivity index (χ1n) is 9.67. The van der Waals surface area contributed by atoms with Crippen molar-refractivity contribution in [2.45, 2.75) is 44.1 Å².